The molecule has 0 radical (unpaired) electrons. The van der Waals surface area contributed by atoms with Crippen LogP contribution in [0, 0.1) is 11.8 Å². The molecule has 3 fully saturated rings. The molecule has 0 spiro atoms. The molecule has 1 unspecified atom stereocenters. The molecule has 37 heavy (non-hydrogen) atoms. The van der Waals surface area contributed by atoms with E-state index in [1.807, 2.05) is 23.6 Å². The number of aryl methyl sites for hydroxylation is 1. The van der Waals surface area contributed by atoms with E-state index in [9.17, 15) is 14.4 Å². The Morgan fingerprint density at radius 3 is 2.57 bits per heavy atom. The van der Waals surface area contributed by atoms with Gasteiger partial charge >= 0.3 is 6.09 Å². The summed E-state index contributed by atoms with van der Waals surface area (Å²) in [6.45, 7) is 7.30. The molecule has 5 rings (SSSR count). The summed E-state index contributed by atoms with van der Waals surface area (Å²) in [5.41, 5.74) is 2.97. The van der Waals surface area contributed by atoms with Crippen LogP contribution in [-0.2, 0) is 21.4 Å². The molecule has 1 aromatic heterocycles. The summed E-state index contributed by atoms with van der Waals surface area (Å²) in [6, 6.07) is 6.66. The van der Waals surface area contributed by atoms with E-state index in [-0.39, 0.29) is 29.9 Å². The Labute approximate surface area is 218 Å². The van der Waals surface area contributed by atoms with Crippen LogP contribution >= 0.6 is 0 Å². The summed E-state index contributed by atoms with van der Waals surface area (Å²) in [4.78, 5) is 40.5. The third kappa shape index (κ3) is 5.31. The molecule has 3 amide bonds. The third-order valence-electron chi connectivity index (χ3n) is 8.57. The topological polar surface area (TPSA) is 96.8 Å². The molecule has 9 nitrogen and oxygen atoms in total. The number of ether oxygens (including phenoxy) is 1. The molecule has 3 saturated heterocycles. The number of nitrogens with zero attached hydrogens (tertiary/aromatic N) is 4. The van der Waals surface area contributed by atoms with E-state index in [2.05, 4.69) is 40.4 Å². The quantitative estimate of drug-likeness (QED) is 0.613. The number of nitrogens with one attached hydrogen (secondary N) is 1. The molecular weight excluding hydrogens is 470 g/mol. The van der Waals surface area contributed by atoms with Crippen molar-refractivity contribution in [3.05, 3.63) is 23.9 Å². The zero-order valence-corrected chi connectivity index (χ0v) is 22.2. The van der Waals surface area contributed by atoms with Crippen LogP contribution in [0.1, 0.15) is 70.4 Å². The minimum absolute atomic E-state index is 0.170. The number of rotatable bonds is 5. The van der Waals surface area contributed by atoms with Crippen molar-refractivity contribution in [1.82, 2.24) is 20.0 Å². The minimum atomic E-state index is -0.380. The van der Waals surface area contributed by atoms with Gasteiger partial charge in [-0.3, -0.25) is 19.6 Å². The second-order valence-corrected chi connectivity index (χ2v) is 11.0. The highest BCUT2D eigenvalue weighted by Crippen LogP contribution is 2.36. The fourth-order valence-electron chi connectivity index (χ4n) is 6.54. The number of imide groups is 1. The SMILES string of the molecule is CCOC(=O)N1CC[C@H](CC2CCN(c3ccc4c(C5CCC(=O)NC5=O)nn(C)c4c3)CC2)C[C@@H]1C. The number of aromatic nitrogens is 2. The van der Waals surface area contributed by atoms with Gasteiger partial charge in [0.2, 0.25) is 11.8 Å². The van der Waals surface area contributed by atoms with Gasteiger partial charge in [0.1, 0.15) is 0 Å². The fraction of sp³-hybridized carbons (Fsp3) is 0.643. The molecule has 2 aromatic rings. The van der Waals surface area contributed by atoms with Gasteiger partial charge in [0.15, 0.2) is 0 Å². The van der Waals surface area contributed by atoms with Crippen molar-refractivity contribution in [3.63, 3.8) is 0 Å². The van der Waals surface area contributed by atoms with Crippen LogP contribution in [0.3, 0.4) is 0 Å². The largest absolute Gasteiger partial charge is 0.450 e. The van der Waals surface area contributed by atoms with Crippen molar-refractivity contribution in [2.45, 2.75) is 70.8 Å². The van der Waals surface area contributed by atoms with Crippen LogP contribution < -0.4 is 10.2 Å². The average Bonchev–Trinajstić information content (AvgIpc) is 3.20. The number of hydrogen-bond donors (Lipinski definition) is 1. The molecular formula is C28H39N5O4. The second kappa shape index (κ2) is 10.7. The highest BCUT2D eigenvalue weighted by molar-refractivity contribution is 6.02. The van der Waals surface area contributed by atoms with Crippen LogP contribution in [-0.4, -0.2) is 64.9 Å². The summed E-state index contributed by atoms with van der Waals surface area (Å²) < 4.78 is 7.07. The predicted octanol–water partition coefficient (Wildman–Crippen LogP) is 3.96. The Hall–Kier alpha value is -3.10. The fourth-order valence-corrected chi connectivity index (χ4v) is 6.54. The standard InChI is InChI=1S/C28H39N5O4/c1-4-37-28(36)33-14-11-20(15-18(33)2)16-19-9-12-32(13-10-19)21-5-6-22-24(17-21)31(3)30-26(22)23-7-8-25(34)29-27(23)35/h5-6,17-20,23H,4,7-16H2,1-3H3,(H,29,34,35)/t18-,20-,23?/m0/s1. The van der Waals surface area contributed by atoms with E-state index >= 15 is 0 Å². The first-order valence-corrected chi connectivity index (χ1v) is 13.8. The van der Waals surface area contributed by atoms with Crippen LogP contribution in [0.5, 0.6) is 0 Å². The van der Waals surface area contributed by atoms with Crippen molar-refractivity contribution in [3.8, 4) is 0 Å². The highest BCUT2D eigenvalue weighted by Gasteiger charge is 2.33. The van der Waals surface area contributed by atoms with Gasteiger partial charge in [-0.1, -0.05) is 0 Å². The maximum atomic E-state index is 12.4. The predicted molar refractivity (Wildman–Crippen MR) is 141 cm³/mol. The number of fused-ring (bicyclic) bond motifs is 1. The number of carbonyl (C=O) groups excluding carboxylic acids is 3. The van der Waals surface area contributed by atoms with E-state index in [1.165, 1.54) is 24.9 Å². The Morgan fingerprint density at radius 1 is 1.11 bits per heavy atom. The molecule has 0 aliphatic carbocycles. The Morgan fingerprint density at radius 2 is 1.86 bits per heavy atom. The van der Waals surface area contributed by atoms with Gasteiger partial charge in [0.25, 0.3) is 0 Å². The lowest BCUT2D eigenvalue weighted by atomic mass is 9.81. The van der Waals surface area contributed by atoms with E-state index in [1.54, 1.807) is 0 Å². The number of amides is 3. The second-order valence-electron chi connectivity index (χ2n) is 11.0. The number of benzene rings is 1. The van der Waals surface area contributed by atoms with Crippen molar-refractivity contribution in [2.75, 3.05) is 31.1 Å². The lowest BCUT2D eigenvalue weighted by molar-refractivity contribution is -0.134. The molecule has 3 aliphatic rings. The van der Waals surface area contributed by atoms with E-state index in [0.717, 1.165) is 55.0 Å². The maximum absolute atomic E-state index is 12.4. The average molecular weight is 510 g/mol. The number of likely N-dealkylation sites (tertiary alicyclic amines) is 1. The first-order chi connectivity index (χ1) is 17.8. The molecule has 3 atom stereocenters. The number of hydrogen-bond acceptors (Lipinski definition) is 6. The monoisotopic (exact) mass is 509 g/mol. The Balaban J connectivity index is 1.18. The molecule has 1 aromatic carbocycles. The number of piperidine rings is 3. The molecule has 4 heterocycles. The van der Waals surface area contributed by atoms with Gasteiger partial charge in [0, 0.05) is 50.2 Å². The first kappa shape index (κ1) is 25.5. The van der Waals surface area contributed by atoms with Crippen molar-refractivity contribution < 1.29 is 19.1 Å². The molecule has 3 aliphatic heterocycles. The van der Waals surface area contributed by atoms with Crippen molar-refractivity contribution in [2.24, 2.45) is 18.9 Å². The van der Waals surface area contributed by atoms with E-state index in [0.29, 0.717) is 25.4 Å². The molecule has 0 bridgehead atoms. The van der Waals surface area contributed by atoms with Gasteiger partial charge < -0.3 is 14.5 Å². The summed E-state index contributed by atoms with van der Waals surface area (Å²) in [6.07, 6.45) is 6.41. The molecule has 200 valence electrons. The summed E-state index contributed by atoms with van der Waals surface area (Å²) in [5.74, 6) is 0.568. The zero-order chi connectivity index (χ0) is 26.1. The first-order valence-electron chi connectivity index (χ1n) is 13.8. The number of anilines is 1. The smallest absolute Gasteiger partial charge is 0.409 e. The van der Waals surface area contributed by atoms with Crippen LogP contribution in [0.15, 0.2) is 18.2 Å². The van der Waals surface area contributed by atoms with Gasteiger partial charge in [-0.25, -0.2) is 4.79 Å². The summed E-state index contributed by atoms with van der Waals surface area (Å²) >= 11 is 0. The van der Waals surface area contributed by atoms with Crippen LogP contribution in [0.4, 0.5) is 10.5 Å². The maximum Gasteiger partial charge on any atom is 0.409 e. The van der Waals surface area contributed by atoms with Gasteiger partial charge in [-0.15, -0.1) is 0 Å². The molecule has 9 heteroatoms. The number of carbonyl (C=O) groups is 3. The lowest BCUT2D eigenvalue weighted by Gasteiger charge is -2.40. The zero-order valence-electron chi connectivity index (χ0n) is 22.2. The van der Waals surface area contributed by atoms with Crippen LogP contribution in [0.2, 0.25) is 0 Å². The van der Waals surface area contributed by atoms with Gasteiger partial charge in [-0.05, 0) is 82.4 Å². The third-order valence-corrected chi connectivity index (χ3v) is 8.57. The Kier molecular flexibility index (Phi) is 7.40. The summed E-state index contributed by atoms with van der Waals surface area (Å²) in [7, 11) is 1.92. The van der Waals surface area contributed by atoms with Gasteiger partial charge in [0.05, 0.1) is 23.7 Å². The highest BCUT2D eigenvalue weighted by atomic mass is 16.6. The van der Waals surface area contributed by atoms with Crippen molar-refractivity contribution in [1.29, 1.82) is 0 Å². The molecule has 0 saturated carbocycles. The lowest BCUT2D eigenvalue weighted by Crippen LogP contribution is -2.45. The molecule has 1 N–H and O–H groups in total. The van der Waals surface area contributed by atoms with E-state index < -0.39 is 0 Å². The normalized spacial score (nSPS) is 25.4. The van der Waals surface area contributed by atoms with Crippen molar-refractivity contribution >= 4 is 34.5 Å². The summed E-state index contributed by atoms with van der Waals surface area (Å²) in [5, 5.41) is 8.12. The minimum Gasteiger partial charge on any atom is -0.450 e. The van der Waals surface area contributed by atoms with E-state index in [4.69, 9.17) is 4.74 Å². The van der Waals surface area contributed by atoms with Gasteiger partial charge in [-0.2, -0.15) is 5.10 Å². The Bertz CT molecular complexity index is 1170. The van der Waals surface area contributed by atoms with Crippen LogP contribution in [0.25, 0.3) is 10.9 Å².